The monoisotopic (exact) mass is 305 g/mol. The van der Waals surface area contributed by atoms with E-state index in [0.717, 1.165) is 11.0 Å². The summed E-state index contributed by atoms with van der Waals surface area (Å²) in [5, 5.41) is 0. The minimum atomic E-state index is 0. The maximum Gasteiger partial charge on any atom is 0.0967 e. The fraction of sp³-hybridized carbons (Fsp3) is 0.867. The van der Waals surface area contributed by atoms with Crippen molar-refractivity contribution in [2.45, 2.75) is 58.3 Å². The van der Waals surface area contributed by atoms with E-state index in [-0.39, 0.29) is 17.0 Å². The number of nitrogens with zero attached hydrogens (tertiary/aromatic N) is 1. The van der Waals surface area contributed by atoms with Crippen molar-refractivity contribution in [1.29, 1.82) is 0 Å². The highest BCUT2D eigenvalue weighted by atomic mass is 79.9. The molecule has 0 rings (SSSR count). The molecule has 0 spiro atoms. The zero-order valence-corrected chi connectivity index (χ0v) is 13.9. The zero-order chi connectivity index (χ0) is 12.3. The van der Waals surface area contributed by atoms with E-state index in [0.29, 0.717) is 0 Å². The van der Waals surface area contributed by atoms with E-state index >= 15 is 0 Å². The number of hydrogen-bond donors (Lipinski definition) is 0. The summed E-state index contributed by atoms with van der Waals surface area (Å²) in [5.41, 5.74) is 0. The van der Waals surface area contributed by atoms with Gasteiger partial charge in [0.1, 0.15) is 0 Å². The molecule has 0 aliphatic rings. The predicted octanol–water partition coefficient (Wildman–Crippen LogP) is 1.39. The van der Waals surface area contributed by atoms with E-state index in [1.807, 2.05) is 0 Å². The fourth-order valence-electron chi connectivity index (χ4n) is 1.73. The van der Waals surface area contributed by atoms with Gasteiger partial charge < -0.3 is 21.5 Å². The number of rotatable bonds is 10. The van der Waals surface area contributed by atoms with Gasteiger partial charge >= 0.3 is 0 Å². The Kier molecular flexibility index (Phi) is 14.5. The van der Waals surface area contributed by atoms with Crippen LogP contribution in [-0.4, -0.2) is 32.2 Å². The molecule has 2 heteroatoms. The van der Waals surface area contributed by atoms with Gasteiger partial charge in [-0.2, -0.15) is 0 Å². The van der Waals surface area contributed by atoms with Crippen molar-refractivity contribution >= 4 is 0 Å². The Morgan fingerprint density at radius 1 is 0.765 bits per heavy atom. The summed E-state index contributed by atoms with van der Waals surface area (Å²) in [4.78, 5) is 0. The van der Waals surface area contributed by atoms with Crippen molar-refractivity contribution in [1.82, 2.24) is 0 Å². The van der Waals surface area contributed by atoms with Crippen molar-refractivity contribution in [3.8, 4) is 0 Å². The van der Waals surface area contributed by atoms with Crippen molar-refractivity contribution in [2.24, 2.45) is 0 Å². The molecule has 0 amide bonds. The van der Waals surface area contributed by atoms with Crippen LogP contribution in [0.1, 0.15) is 58.3 Å². The Hall–Kier alpha value is 0.180. The molecule has 0 radical (unpaired) electrons. The molecule has 0 aromatic rings. The van der Waals surface area contributed by atoms with Crippen LogP contribution in [0.5, 0.6) is 0 Å². The normalized spacial score (nSPS) is 11.8. The molecule has 0 bridgehead atoms. The SMILES string of the molecule is CCCCCCCCC/C=C/C[N+](C)(C)C.[Br-]. The van der Waals surface area contributed by atoms with Crippen LogP contribution < -0.4 is 17.0 Å². The van der Waals surface area contributed by atoms with Crippen LogP contribution >= 0.6 is 0 Å². The third kappa shape index (κ3) is 18.7. The lowest BCUT2D eigenvalue weighted by Crippen LogP contribution is -3.00. The van der Waals surface area contributed by atoms with Gasteiger partial charge in [-0.15, -0.1) is 0 Å². The maximum atomic E-state index is 2.36. The lowest BCUT2D eigenvalue weighted by atomic mass is 10.1. The molecule has 0 fully saturated rings. The summed E-state index contributed by atoms with van der Waals surface area (Å²) in [7, 11) is 6.70. The quantitative estimate of drug-likeness (QED) is 0.325. The van der Waals surface area contributed by atoms with E-state index in [1.54, 1.807) is 0 Å². The Morgan fingerprint density at radius 3 is 1.82 bits per heavy atom. The molecule has 0 N–H and O–H groups in total. The largest absolute Gasteiger partial charge is 1.00 e. The van der Waals surface area contributed by atoms with Crippen molar-refractivity contribution < 1.29 is 21.5 Å². The lowest BCUT2D eigenvalue weighted by molar-refractivity contribution is -0.864. The summed E-state index contributed by atoms with van der Waals surface area (Å²) >= 11 is 0. The van der Waals surface area contributed by atoms with Crippen molar-refractivity contribution in [2.75, 3.05) is 27.7 Å². The van der Waals surface area contributed by atoms with E-state index in [2.05, 4.69) is 40.2 Å². The summed E-state index contributed by atoms with van der Waals surface area (Å²) in [6, 6.07) is 0. The first-order valence-corrected chi connectivity index (χ1v) is 7.01. The molecule has 0 atom stereocenters. The molecule has 17 heavy (non-hydrogen) atoms. The van der Waals surface area contributed by atoms with E-state index in [1.165, 1.54) is 51.4 Å². The van der Waals surface area contributed by atoms with Gasteiger partial charge in [0.05, 0.1) is 27.7 Å². The second-order valence-electron chi connectivity index (χ2n) is 5.85. The highest BCUT2D eigenvalue weighted by Crippen LogP contribution is 2.08. The molecule has 0 unspecified atom stereocenters. The number of quaternary nitrogens is 1. The molecule has 0 heterocycles. The van der Waals surface area contributed by atoms with Crippen LogP contribution in [0.25, 0.3) is 0 Å². The Labute approximate surface area is 120 Å². The molecule has 0 aliphatic heterocycles. The summed E-state index contributed by atoms with van der Waals surface area (Å²) in [5.74, 6) is 0. The van der Waals surface area contributed by atoms with Crippen LogP contribution in [0.3, 0.4) is 0 Å². The molecular weight excluding hydrogens is 274 g/mol. The molecule has 0 aromatic carbocycles. The number of hydrogen-bond acceptors (Lipinski definition) is 0. The number of unbranched alkanes of at least 4 members (excludes halogenated alkanes) is 7. The number of allylic oxidation sites excluding steroid dienone is 1. The summed E-state index contributed by atoms with van der Waals surface area (Å²) in [6.45, 7) is 3.43. The lowest BCUT2D eigenvalue weighted by Gasteiger charge is -2.21. The first-order valence-electron chi connectivity index (χ1n) is 7.01. The van der Waals surface area contributed by atoms with Gasteiger partial charge in [0, 0.05) is 0 Å². The van der Waals surface area contributed by atoms with E-state index in [4.69, 9.17) is 0 Å². The minimum absolute atomic E-state index is 0. The Balaban J connectivity index is 0. The van der Waals surface area contributed by atoms with Crippen molar-refractivity contribution in [3.63, 3.8) is 0 Å². The van der Waals surface area contributed by atoms with Gasteiger partial charge in [0.2, 0.25) is 0 Å². The summed E-state index contributed by atoms with van der Waals surface area (Å²) < 4.78 is 1.04. The molecule has 0 aliphatic carbocycles. The second-order valence-corrected chi connectivity index (χ2v) is 5.85. The topological polar surface area (TPSA) is 0 Å². The van der Waals surface area contributed by atoms with Crippen LogP contribution in [0.4, 0.5) is 0 Å². The third-order valence-corrected chi connectivity index (χ3v) is 2.79. The van der Waals surface area contributed by atoms with Crippen LogP contribution in [0, 0.1) is 0 Å². The molecule has 0 aromatic heterocycles. The Morgan fingerprint density at radius 2 is 1.29 bits per heavy atom. The highest BCUT2D eigenvalue weighted by molar-refractivity contribution is 4.81. The van der Waals surface area contributed by atoms with Gasteiger partial charge in [0.25, 0.3) is 0 Å². The molecule has 0 saturated carbocycles. The second kappa shape index (κ2) is 12.6. The Bertz CT molecular complexity index is 170. The predicted molar refractivity (Wildman–Crippen MR) is 74.6 cm³/mol. The average Bonchev–Trinajstić information content (AvgIpc) is 2.19. The van der Waals surface area contributed by atoms with Gasteiger partial charge in [-0.05, 0) is 18.9 Å². The number of likely N-dealkylation sites (N-methyl/N-ethyl adjacent to an activating group) is 1. The third-order valence-electron chi connectivity index (χ3n) is 2.79. The maximum absolute atomic E-state index is 2.36. The number of halogens is 1. The molecule has 0 saturated heterocycles. The fourth-order valence-corrected chi connectivity index (χ4v) is 1.73. The van der Waals surface area contributed by atoms with E-state index in [9.17, 15) is 0 Å². The van der Waals surface area contributed by atoms with Gasteiger partial charge in [0.15, 0.2) is 0 Å². The first kappa shape index (κ1) is 19.5. The average molecular weight is 306 g/mol. The molecular formula is C15H32BrN. The van der Waals surface area contributed by atoms with Crippen molar-refractivity contribution in [3.05, 3.63) is 12.2 Å². The van der Waals surface area contributed by atoms with Crippen LogP contribution in [-0.2, 0) is 0 Å². The summed E-state index contributed by atoms with van der Waals surface area (Å²) in [6.07, 6.45) is 15.8. The van der Waals surface area contributed by atoms with E-state index < -0.39 is 0 Å². The highest BCUT2D eigenvalue weighted by Gasteiger charge is 2.00. The molecule has 104 valence electrons. The molecule has 1 nitrogen and oxygen atoms in total. The standard InChI is InChI=1S/C15H32N.BrH/c1-5-6-7-8-9-10-11-12-13-14-15-16(2,3)4;/h13-14H,5-12,15H2,1-4H3;1H/q+1;/p-1/b14-13+;. The van der Waals surface area contributed by atoms with Gasteiger partial charge in [-0.3, -0.25) is 0 Å². The van der Waals surface area contributed by atoms with Crippen LogP contribution in [0.15, 0.2) is 12.2 Å². The first-order chi connectivity index (χ1) is 7.56. The zero-order valence-electron chi connectivity index (χ0n) is 12.3. The van der Waals surface area contributed by atoms with Crippen LogP contribution in [0.2, 0.25) is 0 Å². The smallest absolute Gasteiger partial charge is 0.0967 e. The van der Waals surface area contributed by atoms with Gasteiger partial charge in [-0.1, -0.05) is 51.5 Å². The van der Waals surface area contributed by atoms with Gasteiger partial charge in [-0.25, -0.2) is 0 Å². The minimum Gasteiger partial charge on any atom is -1.00 e.